The van der Waals surface area contributed by atoms with Crippen LogP contribution in [0.2, 0.25) is 6.04 Å². The first kappa shape index (κ1) is 23.9. The second-order valence-electron chi connectivity index (χ2n) is 6.03. The molecule has 0 aliphatic carbocycles. The van der Waals surface area contributed by atoms with Gasteiger partial charge in [0.15, 0.2) is 8.46 Å². The van der Waals surface area contributed by atoms with Crippen LogP contribution in [0.15, 0.2) is 0 Å². The van der Waals surface area contributed by atoms with E-state index in [-0.39, 0.29) is 26.3 Å². The summed E-state index contributed by atoms with van der Waals surface area (Å²) in [6.45, 7) is 10.6. The van der Waals surface area contributed by atoms with Gasteiger partial charge < -0.3 is 22.9 Å². The van der Waals surface area contributed by atoms with Gasteiger partial charge in [0.05, 0.1) is 6.54 Å². The second kappa shape index (κ2) is 13.1. The molecule has 0 aromatic rings. The lowest BCUT2D eigenvalue weighted by molar-refractivity contribution is 0.0701. The van der Waals surface area contributed by atoms with E-state index in [0.29, 0.717) is 39.0 Å². The van der Waals surface area contributed by atoms with Crippen molar-refractivity contribution in [2.24, 2.45) is 0 Å². The van der Waals surface area contributed by atoms with E-state index >= 15 is 0 Å². The highest BCUT2D eigenvalue weighted by Crippen LogP contribution is 2.22. The number of carbonyl (C=O) groups is 1. The van der Waals surface area contributed by atoms with Crippen LogP contribution in [0, 0.1) is 0 Å². The van der Waals surface area contributed by atoms with E-state index < -0.39 is 8.80 Å². The number of rotatable bonds is 15. The van der Waals surface area contributed by atoms with Gasteiger partial charge >= 0.3 is 14.9 Å². The second-order valence-corrected chi connectivity index (χ2v) is 10.9. The lowest BCUT2D eigenvalue weighted by atomic mass is 10.3. The van der Waals surface area contributed by atoms with Gasteiger partial charge in [0.25, 0.3) is 0 Å². The van der Waals surface area contributed by atoms with Crippen LogP contribution in [-0.4, -0.2) is 76.0 Å². The van der Waals surface area contributed by atoms with E-state index in [0.717, 1.165) is 17.9 Å². The third kappa shape index (κ3) is 8.23. The minimum absolute atomic E-state index is 0.101. The van der Waals surface area contributed by atoms with Gasteiger partial charge in [-0.25, -0.2) is 4.79 Å². The Morgan fingerprint density at radius 2 is 1.88 bits per heavy atom. The van der Waals surface area contributed by atoms with E-state index in [1.165, 1.54) is 0 Å². The number of thioether (sulfide) groups is 1. The van der Waals surface area contributed by atoms with Gasteiger partial charge in [-0.2, -0.15) is 11.8 Å². The zero-order chi connectivity index (χ0) is 19.4. The molecule has 0 N–H and O–H groups in total. The van der Waals surface area contributed by atoms with Crippen molar-refractivity contribution in [1.82, 2.24) is 4.90 Å². The minimum Gasteiger partial charge on any atom is -0.443 e. The minimum atomic E-state index is -2.66. The molecule has 0 aromatic carbocycles. The van der Waals surface area contributed by atoms with Crippen molar-refractivity contribution in [3.8, 4) is 0 Å². The molecule has 1 amide bonds. The monoisotopic (exact) mass is 425 g/mol. The molecule has 7 nitrogen and oxygen atoms in total. The molecule has 0 bridgehead atoms. The highest BCUT2D eigenvalue weighted by molar-refractivity contribution is 7.99. The van der Waals surface area contributed by atoms with Crippen LogP contribution >= 0.6 is 20.2 Å². The number of carbonyl (C=O) groups excluding carboxylic acids is 1. The van der Waals surface area contributed by atoms with Crippen LogP contribution in [-0.2, 0) is 22.6 Å². The molecular weight excluding hydrogens is 393 g/mol. The van der Waals surface area contributed by atoms with E-state index in [4.69, 9.17) is 18.0 Å². The summed E-state index contributed by atoms with van der Waals surface area (Å²) in [5.74, 6) is 1.53. The molecular formula is C16H32NO6PSSi. The van der Waals surface area contributed by atoms with Crippen molar-refractivity contribution in [2.75, 3.05) is 44.4 Å². The topological polar surface area (TPSA) is 74.3 Å². The number of hydrogen-bond acceptors (Lipinski definition) is 7. The first-order valence-electron chi connectivity index (χ1n) is 9.27. The number of amides is 1. The van der Waals surface area contributed by atoms with Crippen LogP contribution in [0.3, 0.4) is 0 Å². The van der Waals surface area contributed by atoms with E-state index in [9.17, 15) is 9.36 Å². The van der Waals surface area contributed by atoms with Crippen molar-refractivity contribution in [2.45, 2.75) is 51.9 Å². The first-order valence-corrected chi connectivity index (χ1v) is 13.2. The highest BCUT2D eigenvalue weighted by Gasteiger charge is 2.40. The van der Waals surface area contributed by atoms with Gasteiger partial charge in [-0.3, -0.25) is 4.57 Å². The zero-order valence-corrected chi connectivity index (χ0v) is 19.0. The number of nitrogens with zero attached hydrogens (tertiary/aromatic N) is 1. The SMILES string of the molecule is CCO[Si](CCCN1CC(CSCC(C)P=O)OC1=O)(OCC)OCC. The Hall–Kier alpha value is -0.183. The number of ether oxygens (including phenoxy) is 1. The standard InChI is InChI=1S/C16H32NO6PSSi/c1-5-20-26(21-6-2,22-7-3)10-8-9-17-11-15(23-16(17)18)13-25-12-14(4)24-19/h14-15H,5-13H2,1-4H3. The molecule has 1 fully saturated rings. The van der Waals surface area contributed by atoms with Gasteiger partial charge in [0.1, 0.15) is 6.10 Å². The van der Waals surface area contributed by atoms with Crippen LogP contribution in [0.1, 0.15) is 34.1 Å². The third-order valence-corrected chi connectivity index (χ3v) is 9.08. The zero-order valence-electron chi connectivity index (χ0n) is 16.3. The first-order chi connectivity index (χ1) is 12.5. The molecule has 2 unspecified atom stereocenters. The summed E-state index contributed by atoms with van der Waals surface area (Å²) in [7, 11) is -2.49. The molecule has 0 aromatic heterocycles. The lowest BCUT2D eigenvalue weighted by Gasteiger charge is -2.28. The van der Waals surface area contributed by atoms with Crippen molar-refractivity contribution < 1.29 is 27.4 Å². The predicted molar refractivity (Wildman–Crippen MR) is 106 cm³/mol. The molecule has 2 atom stereocenters. The third-order valence-electron chi connectivity index (χ3n) is 3.80. The Labute approximate surface area is 164 Å². The van der Waals surface area contributed by atoms with Crippen LogP contribution in [0.25, 0.3) is 0 Å². The molecule has 0 spiro atoms. The molecule has 1 saturated heterocycles. The molecule has 1 aliphatic rings. The van der Waals surface area contributed by atoms with Crippen molar-refractivity contribution in [3.05, 3.63) is 0 Å². The molecule has 0 saturated carbocycles. The summed E-state index contributed by atoms with van der Waals surface area (Å²) >= 11 is 1.67. The maximum absolute atomic E-state index is 12.0. The van der Waals surface area contributed by atoms with Gasteiger partial charge in [0.2, 0.25) is 0 Å². The molecule has 10 heteroatoms. The normalized spacial score (nSPS) is 19.2. The van der Waals surface area contributed by atoms with Gasteiger partial charge in [-0.05, 0) is 27.2 Å². The lowest BCUT2D eigenvalue weighted by Crippen LogP contribution is -2.46. The van der Waals surface area contributed by atoms with Crippen molar-refractivity contribution in [1.29, 1.82) is 0 Å². The average Bonchev–Trinajstić information content (AvgIpc) is 2.95. The maximum atomic E-state index is 12.0. The van der Waals surface area contributed by atoms with E-state index in [1.807, 2.05) is 27.7 Å². The highest BCUT2D eigenvalue weighted by atomic mass is 32.2. The Balaban J connectivity index is 2.40. The fraction of sp³-hybridized carbons (Fsp3) is 0.938. The van der Waals surface area contributed by atoms with E-state index in [2.05, 4.69) is 0 Å². The molecule has 1 aliphatic heterocycles. The molecule has 0 radical (unpaired) electrons. The molecule has 1 heterocycles. The Morgan fingerprint density at radius 1 is 1.27 bits per heavy atom. The summed E-state index contributed by atoms with van der Waals surface area (Å²) < 4.78 is 33.7. The average molecular weight is 426 g/mol. The number of cyclic esters (lactones) is 1. The van der Waals surface area contributed by atoms with Gasteiger partial charge in [-0.15, -0.1) is 0 Å². The molecule has 1 rings (SSSR count). The van der Waals surface area contributed by atoms with E-state index in [1.54, 1.807) is 16.7 Å². The summed E-state index contributed by atoms with van der Waals surface area (Å²) in [6.07, 6.45) is 0.394. The van der Waals surface area contributed by atoms with Crippen LogP contribution in [0.4, 0.5) is 4.79 Å². The number of hydrogen-bond donors (Lipinski definition) is 0. The quantitative estimate of drug-likeness (QED) is 0.293. The van der Waals surface area contributed by atoms with Crippen molar-refractivity contribution in [3.63, 3.8) is 0 Å². The maximum Gasteiger partial charge on any atom is 0.500 e. The van der Waals surface area contributed by atoms with Crippen LogP contribution < -0.4 is 0 Å². The summed E-state index contributed by atoms with van der Waals surface area (Å²) in [5.41, 5.74) is 0.127. The predicted octanol–water partition coefficient (Wildman–Crippen LogP) is 3.66. The fourth-order valence-electron chi connectivity index (χ4n) is 2.73. The van der Waals surface area contributed by atoms with Crippen molar-refractivity contribution >= 4 is 35.1 Å². The summed E-state index contributed by atoms with van der Waals surface area (Å²) in [4.78, 5) is 13.8. The Kier molecular flexibility index (Phi) is 12.0. The Bertz CT molecular complexity index is 417. The smallest absolute Gasteiger partial charge is 0.443 e. The fourth-order valence-corrected chi connectivity index (χ4v) is 6.80. The molecule has 26 heavy (non-hydrogen) atoms. The summed E-state index contributed by atoms with van der Waals surface area (Å²) in [5, 5.41) is 0. The van der Waals surface area contributed by atoms with Gasteiger partial charge in [0, 0.05) is 49.6 Å². The summed E-state index contributed by atoms with van der Waals surface area (Å²) in [6, 6.07) is 0.686. The van der Waals surface area contributed by atoms with Gasteiger partial charge in [-0.1, -0.05) is 6.92 Å². The van der Waals surface area contributed by atoms with Crippen LogP contribution in [0.5, 0.6) is 0 Å². The molecule has 152 valence electrons. The largest absolute Gasteiger partial charge is 0.500 e. The Morgan fingerprint density at radius 3 is 2.42 bits per heavy atom.